The van der Waals surface area contributed by atoms with Crippen molar-refractivity contribution in [2.75, 3.05) is 6.54 Å². The molecule has 0 spiro atoms. The van der Waals surface area contributed by atoms with E-state index in [4.69, 9.17) is 0 Å². The lowest BCUT2D eigenvalue weighted by Crippen LogP contribution is -2.26. The van der Waals surface area contributed by atoms with Gasteiger partial charge in [-0.15, -0.1) is 0 Å². The lowest BCUT2D eigenvalue weighted by atomic mass is 9.80. The van der Waals surface area contributed by atoms with E-state index < -0.39 is 0 Å². The zero-order valence-electron chi connectivity index (χ0n) is 12.1. The van der Waals surface area contributed by atoms with Crippen molar-refractivity contribution in [1.29, 1.82) is 0 Å². The summed E-state index contributed by atoms with van der Waals surface area (Å²) in [5.74, 6) is 0.732. The SMILES string of the molecule is CCCCc1ccc2c(c1)C(NCC)CCC2C. The molecule has 0 aromatic heterocycles. The largest absolute Gasteiger partial charge is 0.310 e. The Morgan fingerprint density at radius 1 is 1.17 bits per heavy atom. The van der Waals surface area contributed by atoms with Gasteiger partial charge in [-0.1, -0.05) is 45.4 Å². The van der Waals surface area contributed by atoms with Crippen molar-refractivity contribution in [2.45, 2.75) is 64.8 Å². The lowest BCUT2D eigenvalue weighted by molar-refractivity contribution is 0.440. The Morgan fingerprint density at radius 3 is 2.72 bits per heavy atom. The predicted octanol–water partition coefficient (Wildman–Crippen LogP) is 4.58. The molecule has 0 radical (unpaired) electrons. The van der Waals surface area contributed by atoms with E-state index in [1.807, 2.05) is 0 Å². The smallest absolute Gasteiger partial charge is 0.0323 e. The minimum atomic E-state index is 0.586. The molecule has 1 aromatic rings. The number of fused-ring (bicyclic) bond motifs is 1. The first kappa shape index (κ1) is 13.6. The highest BCUT2D eigenvalue weighted by molar-refractivity contribution is 5.38. The third kappa shape index (κ3) is 2.95. The van der Waals surface area contributed by atoms with Gasteiger partial charge in [0.2, 0.25) is 0 Å². The van der Waals surface area contributed by atoms with Crippen LogP contribution in [0.4, 0.5) is 0 Å². The van der Waals surface area contributed by atoms with Crippen molar-refractivity contribution in [3.8, 4) is 0 Å². The van der Waals surface area contributed by atoms with E-state index in [0.717, 1.165) is 12.5 Å². The molecule has 1 N–H and O–H groups in total. The first-order valence-corrected chi connectivity index (χ1v) is 7.62. The normalized spacial score (nSPS) is 22.8. The molecule has 1 nitrogen and oxygen atoms in total. The van der Waals surface area contributed by atoms with Gasteiger partial charge in [0.05, 0.1) is 0 Å². The van der Waals surface area contributed by atoms with E-state index in [-0.39, 0.29) is 0 Å². The predicted molar refractivity (Wildman–Crippen MR) is 79.1 cm³/mol. The summed E-state index contributed by atoms with van der Waals surface area (Å²) in [6, 6.07) is 7.78. The maximum absolute atomic E-state index is 3.64. The fourth-order valence-corrected chi connectivity index (χ4v) is 3.10. The molecule has 18 heavy (non-hydrogen) atoms. The van der Waals surface area contributed by atoms with Gasteiger partial charge in [-0.05, 0) is 54.8 Å². The van der Waals surface area contributed by atoms with Gasteiger partial charge in [0.15, 0.2) is 0 Å². The molecular weight excluding hydrogens is 218 g/mol. The summed E-state index contributed by atoms with van der Waals surface area (Å²) in [6.45, 7) is 7.91. The first-order valence-electron chi connectivity index (χ1n) is 7.62. The van der Waals surface area contributed by atoms with Crippen LogP contribution in [0.15, 0.2) is 18.2 Å². The molecule has 2 rings (SSSR count). The second kappa shape index (κ2) is 6.38. The molecule has 0 fully saturated rings. The second-order valence-corrected chi connectivity index (χ2v) is 5.66. The number of unbranched alkanes of at least 4 members (excludes halogenated alkanes) is 1. The van der Waals surface area contributed by atoms with Gasteiger partial charge in [0, 0.05) is 6.04 Å². The summed E-state index contributed by atoms with van der Waals surface area (Å²) < 4.78 is 0. The Labute approximate surface area is 112 Å². The molecule has 1 aliphatic carbocycles. The number of aryl methyl sites for hydroxylation is 1. The summed E-state index contributed by atoms with van der Waals surface area (Å²) in [5.41, 5.74) is 4.67. The number of rotatable bonds is 5. The second-order valence-electron chi connectivity index (χ2n) is 5.66. The van der Waals surface area contributed by atoms with Crippen LogP contribution in [0.1, 0.15) is 75.1 Å². The van der Waals surface area contributed by atoms with Crippen molar-refractivity contribution >= 4 is 0 Å². The Bertz CT molecular complexity index is 383. The first-order chi connectivity index (χ1) is 8.76. The molecular formula is C17H27N. The third-order valence-electron chi connectivity index (χ3n) is 4.22. The fourth-order valence-electron chi connectivity index (χ4n) is 3.10. The van der Waals surface area contributed by atoms with Crippen molar-refractivity contribution in [3.05, 3.63) is 34.9 Å². The van der Waals surface area contributed by atoms with Gasteiger partial charge in [0.25, 0.3) is 0 Å². The van der Waals surface area contributed by atoms with Crippen molar-refractivity contribution in [1.82, 2.24) is 5.32 Å². The molecule has 0 heterocycles. The van der Waals surface area contributed by atoms with E-state index in [0.29, 0.717) is 6.04 Å². The molecule has 100 valence electrons. The minimum absolute atomic E-state index is 0.586. The summed E-state index contributed by atoms with van der Waals surface area (Å²) in [7, 11) is 0. The number of hydrogen-bond acceptors (Lipinski definition) is 1. The van der Waals surface area contributed by atoms with E-state index in [9.17, 15) is 0 Å². The Kier molecular flexibility index (Phi) is 4.82. The molecule has 0 bridgehead atoms. The van der Waals surface area contributed by atoms with Crippen LogP contribution in [0.3, 0.4) is 0 Å². The summed E-state index contributed by atoms with van der Waals surface area (Å²) >= 11 is 0. The Balaban J connectivity index is 2.24. The Hall–Kier alpha value is -0.820. The molecule has 1 heteroatoms. The van der Waals surface area contributed by atoms with Crippen molar-refractivity contribution < 1.29 is 0 Å². The van der Waals surface area contributed by atoms with E-state index >= 15 is 0 Å². The lowest BCUT2D eigenvalue weighted by Gasteiger charge is -2.31. The molecule has 2 atom stereocenters. The van der Waals surface area contributed by atoms with Crippen LogP contribution in [-0.4, -0.2) is 6.54 Å². The number of hydrogen-bond donors (Lipinski definition) is 1. The monoisotopic (exact) mass is 245 g/mol. The van der Waals surface area contributed by atoms with Crippen LogP contribution in [-0.2, 0) is 6.42 Å². The van der Waals surface area contributed by atoms with Crippen molar-refractivity contribution in [3.63, 3.8) is 0 Å². The van der Waals surface area contributed by atoms with Gasteiger partial charge in [-0.25, -0.2) is 0 Å². The molecule has 1 aliphatic rings. The quantitative estimate of drug-likeness (QED) is 0.801. The van der Waals surface area contributed by atoms with Crippen LogP contribution in [0, 0.1) is 0 Å². The minimum Gasteiger partial charge on any atom is -0.310 e. The average molecular weight is 245 g/mol. The van der Waals surface area contributed by atoms with E-state index in [2.05, 4.69) is 44.3 Å². The maximum Gasteiger partial charge on any atom is 0.0323 e. The van der Waals surface area contributed by atoms with Gasteiger partial charge in [-0.2, -0.15) is 0 Å². The van der Waals surface area contributed by atoms with Crippen LogP contribution < -0.4 is 5.32 Å². The van der Waals surface area contributed by atoms with E-state index in [1.165, 1.54) is 37.7 Å². The van der Waals surface area contributed by atoms with Gasteiger partial charge in [0.1, 0.15) is 0 Å². The summed E-state index contributed by atoms with van der Waals surface area (Å²) in [6.07, 6.45) is 6.43. The number of nitrogens with one attached hydrogen (secondary N) is 1. The highest BCUT2D eigenvalue weighted by atomic mass is 14.9. The van der Waals surface area contributed by atoms with Gasteiger partial charge < -0.3 is 5.32 Å². The highest BCUT2D eigenvalue weighted by Crippen LogP contribution is 2.37. The molecule has 0 saturated carbocycles. The topological polar surface area (TPSA) is 12.0 Å². The highest BCUT2D eigenvalue weighted by Gasteiger charge is 2.24. The van der Waals surface area contributed by atoms with E-state index in [1.54, 1.807) is 11.1 Å². The van der Waals surface area contributed by atoms with Crippen LogP contribution >= 0.6 is 0 Å². The molecule has 1 aromatic carbocycles. The van der Waals surface area contributed by atoms with Gasteiger partial charge in [-0.3, -0.25) is 0 Å². The molecule has 2 unspecified atom stereocenters. The average Bonchev–Trinajstić information content (AvgIpc) is 2.40. The van der Waals surface area contributed by atoms with Gasteiger partial charge >= 0.3 is 0 Å². The molecule has 0 aliphatic heterocycles. The number of benzene rings is 1. The van der Waals surface area contributed by atoms with Crippen molar-refractivity contribution in [2.24, 2.45) is 0 Å². The van der Waals surface area contributed by atoms with Crippen LogP contribution in [0.25, 0.3) is 0 Å². The standard InChI is InChI=1S/C17H27N/c1-4-6-7-14-9-10-15-13(3)8-11-17(18-5-2)16(15)12-14/h9-10,12-13,17-18H,4-8,11H2,1-3H3. The molecule has 0 saturated heterocycles. The van der Waals surface area contributed by atoms with Crippen LogP contribution in [0.2, 0.25) is 0 Å². The molecule has 0 amide bonds. The summed E-state index contributed by atoms with van der Waals surface area (Å²) in [5, 5.41) is 3.64. The third-order valence-corrected chi connectivity index (χ3v) is 4.22. The fraction of sp³-hybridized carbons (Fsp3) is 0.647. The zero-order valence-corrected chi connectivity index (χ0v) is 12.1. The zero-order chi connectivity index (χ0) is 13.0. The van der Waals surface area contributed by atoms with Crippen LogP contribution in [0.5, 0.6) is 0 Å². The Morgan fingerprint density at radius 2 is 2.00 bits per heavy atom. The summed E-state index contributed by atoms with van der Waals surface area (Å²) in [4.78, 5) is 0. The maximum atomic E-state index is 3.64.